The van der Waals surface area contributed by atoms with Crippen LogP contribution < -0.4 is 0 Å². The van der Waals surface area contributed by atoms with Gasteiger partial charge in [0, 0.05) is 35.9 Å². The number of hydrogen-bond donors (Lipinski definition) is 0. The summed E-state index contributed by atoms with van der Waals surface area (Å²) in [5.74, 6) is 0.610. The molecule has 0 fully saturated rings. The highest BCUT2D eigenvalue weighted by atomic mass is 14.6. The number of rotatable bonds is 7. The Balaban J connectivity index is 1.36. The summed E-state index contributed by atoms with van der Waals surface area (Å²) in [6.07, 6.45) is 8.60. The molecular weight excluding hydrogens is 569 g/mol. The summed E-state index contributed by atoms with van der Waals surface area (Å²) in [6.45, 7) is 4.57. The summed E-state index contributed by atoms with van der Waals surface area (Å²) in [5.41, 5.74) is 15.5. The molecule has 0 N–H and O–H groups in total. The average molecular weight is 605 g/mol. The molecule has 47 heavy (non-hydrogen) atoms. The molecule has 0 unspecified atom stereocenters. The van der Waals surface area contributed by atoms with Crippen LogP contribution in [0.1, 0.15) is 41.7 Å². The molecule has 0 bridgehead atoms. The van der Waals surface area contributed by atoms with E-state index in [1.54, 1.807) is 0 Å². The molecule has 226 valence electrons. The van der Waals surface area contributed by atoms with Gasteiger partial charge >= 0.3 is 0 Å². The largest absolute Gasteiger partial charge is 0.264 e. The minimum absolute atomic E-state index is 0.452. The maximum absolute atomic E-state index is 4.43. The van der Waals surface area contributed by atoms with Crippen LogP contribution in [0.5, 0.6) is 0 Å². The SMILES string of the molecule is CC(C)Cc1ccc(C2(c3cccc(-c4cc(-c5cccnc5)cc(-c5cccnc5)c4)c3)c3ccccc3-c3ccccc32)cc1. The van der Waals surface area contributed by atoms with Crippen molar-refractivity contribution in [3.63, 3.8) is 0 Å². The van der Waals surface area contributed by atoms with Crippen LogP contribution in [0.25, 0.3) is 44.5 Å². The lowest BCUT2D eigenvalue weighted by molar-refractivity contribution is 0.646. The van der Waals surface area contributed by atoms with Gasteiger partial charge in [-0.05, 0) is 110 Å². The first-order chi connectivity index (χ1) is 23.1. The van der Waals surface area contributed by atoms with Crippen LogP contribution in [0, 0.1) is 5.92 Å². The Morgan fingerprint density at radius 1 is 0.468 bits per heavy atom. The highest BCUT2D eigenvalue weighted by Gasteiger charge is 2.45. The number of nitrogens with zero attached hydrogens (tertiary/aromatic N) is 2. The van der Waals surface area contributed by atoms with Crippen LogP contribution in [0.15, 0.2) is 164 Å². The van der Waals surface area contributed by atoms with Crippen LogP contribution in [0.3, 0.4) is 0 Å². The van der Waals surface area contributed by atoms with E-state index in [1.165, 1.54) is 44.5 Å². The number of hydrogen-bond acceptors (Lipinski definition) is 2. The lowest BCUT2D eigenvalue weighted by Gasteiger charge is -2.34. The van der Waals surface area contributed by atoms with Crippen LogP contribution in [-0.4, -0.2) is 9.97 Å². The van der Waals surface area contributed by atoms with Crippen LogP contribution in [0.4, 0.5) is 0 Å². The van der Waals surface area contributed by atoms with Crippen molar-refractivity contribution in [2.75, 3.05) is 0 Å². The van der Waals surface area contributed by atoms with Gasteiger partial charge in [0.2, 0.25) is 0 Å². The number of benzene rings is 5. The predicted octanol–water partition coefficient (Wildman–Crippen LogP) is 11.0. The van der Waals surface area contributed by atoms with Gasteiger partial charge in [0.15, 0.2) is 0 Å². The third-order valence-electron chi connectivity index (χ3n) is 9.53. The third kappa shape index (κ3) is 5.07. The summed E-state index contributed by atoms with van der Waals surface area (Å²) >= 11 is 0. The van der Waals surface area contributed by atoms with E-state index in [4.69, 9.17) is 0 Å². The van der Waals surface area contributed by atoms with Crippen LogP contribution in [-0.2, 0) is 11.8 Å². The van der Waals surface area contributed by atoms with Crippen molar-refractivity contribution in [3.8, 4) is 44.5 Å². The molecule has 1 aliphatic carbocycles. The molecule has 0 radical (unpaired) electrons. The van der Waals surface area contributed by atoms with Crippen molar-refractivity contribution in [2.45, 2.75) is 25.7 Å². The molecule has 0 amide bonds. The Labute approximate surface area is 277 Å². The number of aromatic nitrogens is 2. The van der Waals surface area contributed by atoms with Crippen molar-refractivity contribution in [1.29, 1.82) is 0 Å². The molecule has 2 nitrogen and oxygen atoms in total. The van der Waals surface area contributed by atoms with Gasteiger partial charge in [0.25, 0.3) is 0 Å². The van der Waals surface area contributed by atoms with E-state index < -0.39 is 5.41 Å². The summed E-state index contributed by atoms with van der Waals surface area (Å²) in [6, 6.07) is 51.6. The molecule has 0 saturated carbocycles. The topological polar surface area (TPSA) is 25.8 Å². The second kappa shape index (κ2) is 12.0. The number of fused-ring (bicyclic) bond motifs is 3. The molecule has 2 heteroatoms. The van der Waals surface area contributed by atoms with Gasteiger partial charge in [-0.3, -0.25) is 9.97 Å². The highest BCUT2D eigenvalue weighted by molar-refractivity contribution is 5.87. The monoisotopic (exact) mass is 604 g/mol. The smallest absolute Gasteiger partial charge is 0.0713 e. The van der Waals surface area contributed by atoms with Gasteiger partial charge in [-0.1, -0.05) is 117 Å². The van der Waals surface area contributed by atoms with Crippen molar-refractivity contribution >= 4 is 0 Å². The normalized spacial score (nSPS) is 12.9. The first kappa shape index (κ1) is 28.8. The van der Waals surface area contributed by atoms with E-state index in [0.717, 1.165) is 34.2 Å². The Bertz CT molecular complexity index is 2080. The summed E-state index contributed by atoms with van der Waals surface area (Å²) < 4.78 is 0. The summed E-state index contributed by atoms with van der Waals surface area (Å²) in [4.78, 5) is 8.85. The predicted molar refractivity (Wildman–Crippen MR) is 194 cm³/mol. The molecule has 2 heterocycles. The van der Waals surface area contributed by atoms with Crippen molar-refractivity contribution in [2.24, 2.45) is 5.92 Å². The molecule has 2 aromatic heterocycles. The lowest BCUT2D eigenvalue weighted by Crippen LogP contribution is -2.28. The van der Waals surface area contributed by atoms with Gasteiger partial charge in [0.1, 0.15) is 0 Å². The zero-order valence-corrected chi connectivity index (χ0v) is 26.8. The molecule has 1 aliphatic rings. The second-order valence-corrected chi connectivity index (χ2v) is 13.0. The molecule has 5 aromatic carbocycles. The fraction of sp³-hybridized carbons (Fsp3) is 0.111. The molecular formula is C45H36N2. The summed E-state index contributed by atoms with van der Waals surface area (Å²) in [5, 5.41) is 0. The van der Waals surface area contributed by atoms with Gasteiger partial charge < -0.3 is 0 Å². The third-order valence-corrected chi connectivity index (χ3v) is 9.53. The maximum Gasteiger partial charge on any atom is 0.0713 e. The van der Waals surface area contributed by atoms with Gasteiger partial charge in [0.05, 0.1) is 5.41 Å². The minimum atomic E-state index is -0.452. The fourth-order valence-electron chi connectivity index (χ4n) is 7.51. The molecule has 0 spiro atoms. The zero-order valence-electron chi connectivity index (χ0n) is 26.8. The Kier molecular flexibility index (Phi) is 7.34. The summed E-state index contributed by atoms with van der Waals surface area (Å²) in [7, 11) is 0. The standard InChI is InChI=1S/C45H36N2/c1-31(2)24-32-18-20-39(21-19-32)45(43-16-5-3-14-41(43)42-15-4-6-17-44(42)45)40-13-7-10-33(28-40)36-25-37(34-11-8-22-46-29-34)27-38(26-36)35-12-9-23-47-30-35/h3-23,25-31H,24H2,1-2H3. The van der Waals surface area contributed by atoms with Gasteiger partial charge in [-0.2, -0.15) is 0 Å². The maximum atomic E-state index is 4.43. The Morgan fingerprint density at radius 2 is 1.00 bits per heavy atom. The minimum Gasteiger partial charge on any atom is -0.264 e. The van der Waals surface area contributed by atoms with E-state index in [0.29, 0.717) is 5.92 Å². The van der Waals surface area contributed by atoms with Crippen LogP contribution in [0.2, 0.25) is 0 Å². The second-order valence-electron chi connectivity index (χ2n) is 13.0. The zero-order chi connectivity index (χ0) is 31.8. The fourth-order valence-corrected chi connectivity index (χ4v) is 7.51. The van der Waals surface area contributed by atoms with Gasteiger partial charge in [-0.15, -0.1) is 0 Å². The van der Waals surface area contributed by atoms with E-state index >= 15 is 0 Å². The van der Waals surface area contributed by atoms with Crippen molar-refractivity contribution < 1.29 is 0 Å². The molecule has 7 aromatic rings. The van der Waals surface area contributed by atoms with Crippen LogP contribution >= 0.6 is 0 Å². The highest BCUT2D eigenvalue weighted by Crippen LogP contribution is 2.56. The first-order valence-electron chi connectivity index (χ1n) is 16.5. The molecule has 0 saturated heterocycles. The van der Waals surface area contributed by atoms with Crippen molar-refractivity contribution in [3.05, 3.63) is 192 Å². The van der Waals surface area contributed by atoms with Gasteiger partial charge in [-0.25, -0.2) is 0 Å². The quantitative estimate of drug-likeness (QED) is 0.181. The molecule has 0 atom stereocenters. The Morgan fingerprint density at radius 3 is 1.53 bits per heavy atom. The number of pyridine rings is 2. The van der Waals surface area contributed by atoms with E-state index in [-0.39, 0.29) is 0 Å². The van der Waals surface area contributed by atoms with E-state index in [1.807, 2.05) is 36.9 Å². The van der Waals surface area contributed by atoms with E-state index in [2.05, 4.69) is 151 Å². The molecule has 0 aliphatic heterocycles. The lowest BCUT2D eigenvalue weighted by atomic mass is 9.67. The average Bonchev–Trinajstić information content (AvgIpc) is 3.43. The Hall–Kier alpha value is -5.60. The van der Waals surface area contributed by atoms with Crippen molar-refractivity contribution in [1.82, 2.24) is 9.97 Å². The molecule has 8 rings (SSSR count). The van der Waals surface area contributed by atoms with E-state index in [9.17, 15) is 0 Å². The first-order valence-corrected chi connectivity index (χ1v) is 16.5.